The highest BCUT2D eigenvalue weighted by atomic mass is 32.2. The number of sulfonamides is 1. The molecule has 1 amide bonds. The number of benzene rings is 1. The van der Waals surface area contributed by atoms with Gasteiger partial charge in [0.05, 0.1) is 22.6 Å². The summed E-state index contributed by atoms with van der Waals surface area (Å²) in [7, 11) is -3.62. The third kappa shape index (κ3) is 4.43. The number of carbonyl (C=O) groups excluding carboxylic acids is 1. The van der Waals surface area contributed by atoms with E-state index in [-0.39, 0.29) is 18.2 Å². The number of fused-ring (bicyclic) bond motifs is 1. The van der Waals surface area contributed by atoms with Crippen LogP contribution in [0.25, 0.3) is 11.2 Å². The van der Waals surface area contributed by atoms with Gasteiger partial charge in [0.15, 0.2) is 0 Å². The maximum Gasteiger partial charge on any atom is 0.251 e. The highest BCUT2D eigenvalue weighted by Crippen LogP contribution is 2.13. The third-order valence-corrected chi connectivity index (χ3v) is 5.49. The number of hydrogen-bond acceptors (Lipinski definition) is 5. The van der Waals surface area contributed by atoms with Gasteiger partial charge < -0.3 is 5.32 Å². The lowest BCUT2D eigenvalue weighted by Crippen LogP contribution is -2.31. The Labute approximate surface area is 167 Å². The van der Waals surface area contributed by atoms with E-state index in [0.717, 1.165) is 11.2 Å². The molecule has 3 heterocycles. The molecule has 0 atom stereocenters. The average molecular weight is 410 g/mol. The Kier molecular flexibility index (Phi) is 5.00. The van der Waals surface area contributed by atoms with Crippen molar-refractivity contribution < 1.29 is 13.2 Å². The van der Waals surface area contributed by atoms with Crippen molar-refractivity contribution in [3.05, 3.63) is 78.9 Å². The molecule has 0 radical (unpaired) electrons. The summed E-state index contributed by atoms with van der Waals surface area (Å²) >= 11 is 0. The summed E-state index contributed by atoms with van der Waals surface area (Å²) in [5, 5.41) is 10.8. The minimum Gasteiger partial charge on any atom is -0.351 e. The Bertz CT molecular complexity index is 1250. The molecule has 9 nitrogen and oxygen atoms in total. The van der Waals surface area contributed by atoms with Crippen LogP contribution in [-0.4, -0.2) is 46.0 Å². The second-order valence-electron chi connectivity index (χ2n) is 6.29. The lowest BCUT2D eigenvalue weighted by Gasteiger charge is -2.10. The number of rotatable bonds is 7. The molecule has 0 aliphatic carbocycles. The smallest absolute Gasteiger partial charge is 0.251 e. The number of nitrogens with one attached hydrogen (secondary N) is 2. The van der Waals surface area contributed by atoms with Gasteiger partial charge in [-0.05, 0) is 42.5 Å². The summed E-state index contributed by atoms with van der Waals surface area (Å²) in [5.74, 6) is -0.600. The molecule has 29 heavy (non-hydrogen) atoms. The fourth-order valence-electron chi connectivity index (χ4n) is 2.83. The summed E-state index contributed by atoms with van der Waals surface area (Å²) in [6.07, 6.45) is 6.72. The average Bonchev–Trinajstić information content (AvgIpc) is 3.39. The van der Waals surface area contributed by atoms with Crippen molar-refractivity contribution in [2.24, 2.45) is 0 Å². The summed E-state index contributed by atoms with van der Waals surface area (Å²) in [6, 6.07) is 13.8. The molecular weight excluding hydrogens is 392 g/mol. The van der Waals surface area contributed by atoms with Crippen LogP contribution in [0.5, 0.6) is 0 Å². The third-order valence-electron chi connectivity index (χ3n) is 4.21. The van der Waals surface area contributed by atoms with Gasteiger partial charge in [-0.25, -0.2) is 17.6 Å². The van der Waals surface area contributed by atoms with Crippen molar-refractivity contribution in [3.8, 4) is 5.69 Å². The zero-order valence-corrected chi connectivity index (χ0v) is 16.1. The van der Waals surface area contributed by atoms with Gasteiger partial charge in [-0.1, -0.05) is 6.07 Å². The molecule has 0 aliphatic rings. The van der Waals surface area contributed by atoms with Crippen LogP contribution in [-0.2, 0) is 10.0 Å². The van der Waals surface area contributed by atoms with Gasteiger partial charge in [0, 0.05) is 36.9 Å². The van der Waals surface area contributed by atoms with Crippen LogP contribution in [0.4, 0.5) is 5.69 Å². The fourth-order valence-corrected chi connectivity index (χ4v) is 3.79. The fraction of sp³-hybridized carbons (Fsp3) is 0.105. The highest BCUT2D eigenvalue weighted by molar-refractivity contribution is 7.92. The lowest BCUT2D eigenvalue weighted by molar-refractivity contribution is 0.0956. The molecule has 1 aromatic carbocycles. The number of aromatic nitrogens is 4. The number of hydrogen-bond donors (Lipinski definition) is 2. The standard InChI is InChI=1S/C19H18N6O3S/c26-19(15-3-1-4-17(13-15)24-10-2-7-21-24)20-9-12-29(27,28)23-16-6-11-25-18(14-16)5-8-22-25/h1-8,10-11,13-14,23H,9,12H2,(H,20,26). The van der Waals surface area contributed by atoms with Crippen molar-refractivity contribution in [1.29, 1.82) is 0 Å². The maximum atomic E-state index is 12.4. The second-order valence-corrected chi connectivity index (χ2v) is 8.14. The molecule has 4 rings (SSSR count). The molecule has 3 aromatic heterocycles. The molecular formula is C19H18N6O3S. The van der Waals surface area contributed by atoms with E-state index in [4.69, 9.17) is 0 Å². The molecule has 0 fully saturated rings. The maximum absolute atomic E-state index is 12.4. The van der Waals surface area contributed by atoms with E-state index in [1.807, 2.05) is 6.07 Å². The number of pyridine rings is 1. The van der Waals surface area contributed by atoms with Gasteiger partial charge in [-0.15, -0.1) is 0 Å². The topological polar surface area (TPSA) is 110 Å². The largest absolute Gasteiger partial charge is 0.351 e. The zero-order chi connectivity index (χ0) is 20.3. The molecule has 10 heteroatoms. The van der Waals surface area contributed by atoms with Crippen LogP contribution in [0.3, 0.4) is 0 Å². The van der Waals surface area contributed by atoms with Crippen molar-refractivity contribution in [1.82, 2.24) is 24.7 Å². The summed E-state index contributed by atoms with van der Waals surface area (Å²) in [6.45, 7) is -0.0188. The van der Waals surface area contributed by atoms with Gasteiger partial charge in [0.25, 0.3) is 5.91 Å². The highest BCUT2D eigenvalue weighted by Gasteiger charge is 2.13. The zero-order valence-electron chi connectivity index (χ0n) is 15.3. The van der Waals surface area contributed by atoms with Crippen LogP contribution in [0.2, 0.25) is 0 Å². The van der Waals surface area contributed by atoms with Crippen molar-refractivity contribution in [3.63, 3.8) is 0 Å². The first-order chi connectivity index (χ1) is 14.0. The van der Waals surface area contributed by atoms with Crippen LogP contribution < -0.4 is 10.0 Å². The van der Waals surface area contributed by atoms with Crippen molar-refractivity contribution in [2.75, 3.05) is 17.0 Å². The van der Waals surface area contributed by atoms with Crippen LogP contribution in [0.15, 0.2) is 73.3 Å². The minimum absolute atomic E-state index is 0.0188. The Morgan fingerprint density at radius 2 is 1.90 bits per heavy atom. The predicted molar refractivity (Wildman–Crippen MR) is 108 cm³/mol. The monoisotopic (exact) mass is 410 g/mol. The van der Waals surface area contributed by atoms with Crippen LogP contribution in [0, 0.1) is 0 Å². The molecule has 0 unspecified atom stereocenters. The Morgan fingerprint density at radius 3 is 2.72 bits per heavy atom. The van der Waals surface area contributed by atoms with E-state index >= 15 is 0 Å². The summed E-state index contributed by atoms with van der Waals surface area (Å²) < 4.78 is 30.4. The van der Waals surface area contributed by atoms with Gasteiger partial charge in [-0.3, -0.25) is 9.52 Å². The molecule has 0 aliphatic heterocycles. The molecule has 2 N–H and O–H groups in total. The number of carbonyl (C=O) groups is 1. The van der Waals surface area contributed by atoms with Gasteiger partial charge in [0.2, 0.25) is 10.0 Å². The predicted octanol–water partition coefficient (Wildman–Crippen LogP) is 1.69. The van der Waals surface area contributed by atoms with E-state index < -0.39 is 10.0 Å². The van der Waals surface area contributed by atoms with E-state index in [9.17, 15) is 13.2 Å². The second kappa shape index (κ2) is 7.76. The summed E-state index contributed by atoms with van der Waals surface area (Å²) in [4.78, 5) is 12.4. The van der Waals surface area contributed by atoms with Crippen LogP contribution >= 0.6 is 0 Å². The summed E-state index contributed by atoms with van der Waals surface area (Å²) in [5.41, 5.74) is 2.38. The lowest BCUT2D eigenvalue weighted by atomic mass is 10.2. The van der Waals surface area contributed by atoms with E-state index in [1.54, 1.807) is 76.4 Å². The molecule has 0 saturated carbocycles. The Morgan fingerprint density at radius 1 is 1.00 bits per heavy atom. The van der Waals surface area contributed by atoms with E-state index in [2.05, 4.69) is 20.2 Å². The molecule has 0 bridgehead atoms. The Hall–Kier alpha value is -3.66. The molecule has 0 saturated heterocycles. The van der Waals surface area contributed by atoms with Crippen molar-refractivity contribution >= 4 is 27.1 Å². The Balaban J connectivity index is 1.35. The van der Waals surface area contributed by atoms with Crippen molar-refractivity contribution in [2.45, 2.75) is 0 Å². The molecule has 4 aromatic rings. The first kappa shape index (κ1) is 18.7. The number of amides is 1. The van der Waals surface area contributed by atoms with Crippen LogP contribution in [0.1, 0.15) is 10.4 Å². The quantitative estimate of drug-likeness (QED) is 0.482. The molecule has 0 spiro atoms. The SMILES string of the molecule is O=C(NCCS(=O)(=O)Nc1ccn2nccc2c1)c1cccc(-n2cccn2)c1. The van der Waals surface area contributed by atoms with Gasteiger partial charge in [-0.2, -0.15) is 10.2 Å². The van der Waals surface area contributed by atoms with Gasteiger partial charge >= 0.3 is 0 Å². The van der Waals surface area contributed by atoms with E-state index in [1.165, 1.54) is 0 Å². The first-order valence-corrected chi connectivity index (χ1v) is 10.5. The molecule has 148 valence electrons. The van der Waals surface area contributed by atoms with E-state index in [0.29, 0.717) is 11.3 Å². The first-order valence-electron chi connectivity index (χ1n) is 8.82. The number of anilines is 1. The number of nitrogens with zero attached hydrogens (tertiary/aromatic N) is 4. The van der Waals surface area contributed by atoms with Gasteiger partial charge in [0.1, 0.15) is 0 Å². The normalized spacial score (nSPS) is 11.4. The minimum atomic E-state index is -3.62.